The number of aromatic nitrogens is 1. The second-order valence-corrected chi connectivity index (χ2v) is 5.50. The average Bonchev–Trinajstić information content (AvgIpc) is 2.93. The molecule has 0 bridgehead atoms. The Bertz CT molecular complexity index is 535. The molecule has 2 aromatic rings. The van der Waals surface area contributed by atoms with E-state index in [2.05, 4.69) is 17.0 Å². The topological polar surface area (TPSA) is 51.4 Å². The lowest BCUT2D eigenvalue weighted by Gasteiger charge is -2.26. The Labute approximate surface area is 116 Å². The predicted octanol–water partition coefficient (Wildman–Crippen LogP) is 2.11. The predicted molar refractivity (Wildman–Crippen MR) is 78.5 cm³/mol. The van der Waals surface area contributed by atoms with Crippen molar-refractivity contribution in [1.82, 2.24) is 4.98 Å². The van der Waals surface area contributed by atoms with E-state index in [1.165, 1.54) is 0 Å². The lowest BCUT2D eigenvalue weighted by molar-refractivity contribution is 0.122. The van der Waals surface area contributed by atoms with Gasteiger partial charge >= 0.3 is 0 Å². The van der Waals surface area contributed by atoms with Gasteiger partial charge in [-0.25, -0.2) is 4.98 Å². The van der Waals surface area contributed by atoms with Crippen LogP contribution in [-0.2, 0) is 11.3 Å². The van der Waals surface area contributed by atoms with Crippen molar-refractivity contribution in [1.29, 1.82) is 0 Å². The molecule has 2 heterocycles. The molecule has 0 spiro atoms. The summed E-state index contributed by atoms with van der Waals surface area (Å²) in [5.41, 5.74) is 8.02. The summed E-state index contributed by atoms with van der Waals surface area (Å²) in [4.78, 5) is 8.21. The van der Waals surface area contributed by atoms with Crippen LogP contribution < -0.4 is 10.6 Å². The summed E-state index contributed by atoms with van der Waals surface area (Å²) in [5, 5.41) is 1.06. The third-order valence-corrected chi connectivity index (χ3v) is 4.34. The summed E-state index contributed by atoms with van der Waals surface area (Å²) in [6.45, 7) is 3.90. The number of rotatable bonds is 3. The van der Waals surface area contributed by atoms with Gasteiger partial charge in [0.1, 0.15) is 0 Å². The number of nitrogens with zero attached hydrogens (tertiary/aromatic N) is 2. The normalized spacial score (nSPS) is 15.7. The number of nitrogens with two attached hydrogens (primary N) is 1. The van der Waals surface area contributed by atoms with Gasteiger partial charge in [-0.15, -0.1) is 0 Å². The van der Waals surface area contributed by atoms with E-state index in [0.717, 1.165) is 47.6 Å². The van der Waals surface area contributed by atoms with Crippen molar-refractivity contribution in [3.63, 3.8) is 0 Å². The van der Waals surface area contributed by atoms with Crippen LogP contribution in [0.3, 0.4) is 0 Å². The van der Waals surface area contributed by atoms with Gasteiger partial charge in [0, 0.05) is 30.1 Å². The minimum absolute atomic E-state index is 0.534. The molecular formula is C14H17N3OS. The molecule has 0 saturated carbocycles. The van der Waals surface area contributed by atoms with Crippen molar-refractivity contribution in [3.05, 3.63) is 35.2 Å². The summed E-state index contributed by atoms with van der Waals surface area (Å²) < 4.78 is 5.38. The molecule has 0 atom stereocenters. The standard InChI is InChI=1S/C14H17N3OS/c15-10-12-13(11-4-2-1-3-5-11)16-14(19-12)17-6-8-18-9-7-17/h1-5H,6-10,15H2. The molecule has 4 nitrogen and oxygen atoms in total. The third-order valence-electron chi connectivity index (χ3n) is 3.20. The minimum Gasteiger partial charge on any atom is -0.378 e. The van der Waals surface area contributed by atoms with Crippen LogP contribution in [-0.4, -0.2) is 31.3 Å². The van der Waals surface area contributed by atoms with Crippen LogP contribution in [0.15, 0.2) is 30.3 Å². The monoisotopic (exact) mass is 275 g/mol. The summed E-state index contributed by atoms with van der Waals surface area (Å²) in [5.74, 6) is 0. The lowest BCUT2D eigenvalue weighted by atomic mass is 10.1. The van der Waals surface area contributed by atoms with Crippen molar-refractivity contribution < 1.29 is 4.74 Å². The number of ether oxygens (including phenoxy) is 1. The first-order chi connectivity index (χ1) is 9.38. The van der Waals surface area contributed by atoms with Gasteiger partial charge in [0.25, 0.3) is 0 Å². The van der Waals surface area contributed by atoms with Gasteiger partial charge in [-0.05, 0) is 0 Å². The molecule has 19 heavy (non-hydrogen) atoms. The average molecular weight is 275 g/mol. The number of hydrogen-bond acceptors (Lipinski definition) is 5. The van der Waals surface area contributed by atoms with Gasteiger partial charge in [0.2, 0.25) is 0 Å². The molecule has 1 aliphatic heterocycles. The van der Waals surface area contributed by atoms with Crippen molar-refractivity contribution in [2.75, 3.05) is 31.2 Å². The molecule has 0 unspecified atom stereocenters. The highest BCUT2D eigenvalue weighted by molar-refractivity contribution is 7.16. The highest BCUT2D eigenvalue weighted by Crippen LogP contribution is 2.33. The van der Waals surface area contributed by atoms with Crippen LogP contribution >= 0.6 is 11.3 Å². The molecule has 3 rings (SSSR count). The summed E-state index contributed by atoms with van der Waals surface area (Å²) in [7, 11) is 0. The molecule has 0 aliphatic carbocycles. The Morgan fingerprint density at radius 3 is 2.63 bits per heavy atom. The first kappa shape index (κ1) is 12.6. The van der Waals surface area contributed by atoms with Gasteiger partial charge in [-0.1, -0.05) is 41.7 Å². The summed E-state index contributed by atoms with van der Waals surface area (Å²) in [6, 6.07) is 10.2. The molecule has 1 saturated heterocycles. The summed E-state index contributed by atoms with van der Waals surface area (Å²) >= 11 is 1.70. The fraction of sp³-hybridized carbons (Fsp3) is 0.357. The van der Waals surface area contributed by atoms with Crippen LogP contribution in [0, 0.1) is 0 Å². The zero-order valence-electron chi connectivity index (χ0n) is 10.7. The van der Waals surface area contributed by atoms with Crippen LogP contribution in [0.5, 0.6) is 0 Å². The quantitative estimate of drug-likeness (QED) is 0.932. The summed E-state index contributed by atoms with van der Waals surface area (Å²) in [6.07, 6.45) is 0. The van der Waals surface area contributed by atoms with E-state index in [4.69, 9.17) is 15.5 Å². The van der Waals surface area contributed by atoms with Crippen molar-refractivity contribution in [3.8, 4) is 11.3 Å². The van der Waals surface area contributed by atoms with E-state index in [-0.39, 0.29) is 0 Å². The van der Waals surface area contributed by atoms with E-state index in [1.54, 1.807) is 11.3 Å². The molecule has 1 fully saturated rings. The van der Waals surface area contributed by atoms with E-state index >= 15 is 0 Å². The maximum atomic E-state index is 5.86. The van der Waals surface area contributed by atoms with Crippen molar-refractivity contribution in [2.45, 2.75) is 6.54 Å². The highest BCUT2D eigenvalue weighted by atomic mass is 32.1. The largest absolute Gasteiger partial charge is 0.378 e. The Balaban J connectivity index is 1.94. The second kappa shape index (κ2) is 5.69. The van der Waals surface area contributed by atoms with Crippen LogP contribution in [0.4, 0.5) is 5.13 Å². The van der Waals surface area contributed by atoms with Gasteiger partial charge < -0.3 is 15.4 Å². The SMILES string of the molecule is NCc1sc(N2CCOCC2)nc1-c1ccccc1. The van der Waals surface area contributed by atoms with E-state index in [0.29, 0.717) is 6.54 Å². The number of thiazole rings is 1. The molecule has 0 radical (unpaired) electrons. The molecule has 1 aliphatic rings. The maximum absolute atomic E-state index is 5.86. The van der Waals surface area contributed by atoms with Gasteiger partial charge in [-0.2, -0.15) is 0 Å². The van der Waals surface area contributed by atoms with E-state index < -0.39 is 0 Å². The zero-order chi connectivity index (χ0) is 13.1. The molecular weight excluding hydrogens is 258 g/mol. The Hall–Kier alpha value is -1.43. The van der Waals surface area contributed by atoms with Crippen LogP contribution in [0.1, 0.15) is 4.88 Å². The molecule has 2 N–H and O–H groups in total. The number of anilines is 1. The number of hydrogen-bond donors (Lipinski definition) is 1. The second-order valence-electron chi connectivity index (χ2n) is 4.44. The van der Waals surface area contributed by atoms with E-state index in [1.807, 2.05) is 18.2 Å². The Morgan fingerprint density at radius 1 is 1.21 bits per heavy atom. The maximum Gasteiger partial charge on any atom is 0.186 e. The van der Waals surface area contributed by atoms with Crippen molar-refractivity contribution >= 4 is 16.5 Å². The highest BCUT2D eigenvalue weighted by Gasteiger charge is 2.18. The lowest BCUT2D eigenvalue weighted by Crippen LogP contribution is -2.36. The van der Waals surface area contributed by atoms with Gasteiger partial charge in [0.05, 0.1) is 18.9 Å². The van der Waals surface area contributed by atoms with Crippen molar-refractivity contribution in [2.24, 2.45) is 5.73 Å². The fourth-order valence-electron chi connectivity index (χ4n) is 2.19. The Kier molecular flexibility index (Phi) is 3.77. The zero-order valence-corrected chi connectivity index (χ0v) is 11.5. The molecule has 100 valence electrons. The van der Waals surface area contributed by atoms with E-state index in [9.17, 15) is 0 Å². The molecule has 1 aromatic carbocycles. The number of morpholine rings is 1. The third kappa shape index (κ3) is 2.63. The van der Waals surface area contributed by atoms with Crippen LogP contribution in [0.2, 0.25) is 0 Å². The number of benzene rings is 1. The Morgan fingerprint density at radius 2 is 1.95 bits per heavy atom. The molecule has 5 heteroatoms. The van der Waals surface area contributed by atoms with Gasteiger partial charge in [0.15, 0.2) is 5.13 Å². The molecule has 1 aromatic heterocycles. The first-order valence-electron chi connectivity index (χ1n) is 6.46. The smallest absolute Gasteiger partial charge is 0.186 e. The first-order valence-corrected chi connectivity index (χ1v) is 7.28. The fourth-order valence-corrected chi connectivity index (χ4v) is 3.20. The molecule has 0 amide bonds. The van der Waals surface area contributed by atoms with Gasteiger partial charge in [-0.3, -0.25) is 0 Å². The van der Waals surface area contributed by atoms with Crippen LogP contribution in [0.25, 0.3) is 11.3 Å². The minimum atomic E-state index is 0.534.